The van der Waals surface area contributed by atoms with E-state index in [0.29, 0.717) is 64.8 Å². The van der Waals surface area contributed by atoms with E-state index in [-0.39, 0.29) is 30.1 Å². The van der Waals surface area contributed by atoms with Crippen molar-refractivity contribution in [2.24, 2.45) is 18.7 Å². The van der Waals surface area contributed by atoms with Gasteiger partial charge in [0, 0.05) is 43.7 Å². The molecule has 38 heavy (non-hydrogen) atoms. The number of likely N-dealkylation sites (tertiary alicyclic amines) is 1. The quantitative estimate of drug-likeness (QED) is 0.368. The monoisotopic (exact) mass is 551 g/mol. The van der Waals surface area contributed by atoms with Crippen LogP contribution in [0.4, 0.5) is 13.2 Å². The number of furan rings is 1. The third-order valence-corrected chi connectivity index (χ3v) is 7.36. The minimum Gasteiger partial charge on any atom is -0.494 e. The molecule has 8 nitrogen and oxygen atoms in total. The molecule has 1 saturated carbocycles. The molecule has 2 fully saturated rings. The molecule has 1 aromatic carbocycles. The number of piperidine rings is 1. The van der Waals surface area contributed by atoms with Gasteiger partial charge in [-0.05, 0) is 55.9 Å². The van der Waals surface area contributed by atoms with Gasteiger partial charge in [0.05, 0.1) is 18.3 Å². The number of halogens is 4. The number of nitrogens with zero attached hydrogens (tertiary/aromatic N) is 4. The van der Waals surface area contributed by atoms with Crippen molar-refractivity contribution in [3.05, 3.63) is 35.6 Å². The van der Waals surface area contributed by atoms with Crippen LogP contribution in [-0.4, -0.2) is 51.2 Å². The maximum Gasteiger partial charge on any atom is 0.449 e. The van der Waals surface area contributed by atoms with E-state index in [4.69, 9.17) is 19.9 Å². The second kappa shape index (κ2) is 9.53. The smallest absolute Gasteiger partial charge is 0.449 e. The number of methoxy groups -OCH3 is 1. The third-order valence-electron chi connectivity index (χ3n) is 7.36. The average molecular weight is 552 g/mol. The van der Waals surface area contributed by atoms with E-state index < -0.39 is 11.9 Å². The number of hydrogen-bond acceptors (Lipinski definition) is 5. The second-order valence-electron chi connectivity index (χ2n) is 10.1. The molecule has 1 amide bonds. The van der Waals surface area contributed by atoms with Crippen molar-refractivity contribution in [1.82, 2.24) is 19.0 Å². The molecule has 1 atom stereocenters. The van der Waals surface area contributed by atoms with E-state index in [9.17, 15) is 18.0 Å². The Morgan fingerprint density at radius 2 is 1.97 bits per heavy atom. The number of carbonyl (C=O) groups excluding carboxylic acids is 1. The highest BCUT2D eigenvalue weighted by molar-refractivity contribution is 6.00. The van der Waals surface area contributed by atoms with Crippen LogP contribution in [0.25, 0.3) is 33.7 Å². The molecule has 1 saturated heterocycles. The number of ether oxygens (including phenoxy) is 1. The Morgan fingerprint density at radius 1 is 1.21 bits per heavy atom. The predicted octanol–water partition coefficient (Wildman–Crippen LogP) is 5.21. The summed E-state index contributed by atoms with van der Waals surface area (Å²) in [5.74, 6) is 0.293. The lowest BCUT2D eigenvalue weighted by Crippen LogP contribution is -2.45. The van der Waals surface area contributed by atoms with Crippen LogP contribution in [0, 0.1) is 5.92 Å². The molecule has 0 bridgehead atoms. The molecule has 204 valence electrons. The van der Waals surface area contributed by atoms with Crippen LogP contribution in [0.5, 0.6) is 5.75 Å². The third kappa shape index (κ3) is 4.51. The van der Waals surface area contributed by atoms with Gasteiger partial charge < -0.3 is 28.9 Å². The molecule has 1 aliphatic heterocycles. The van der Waals surface area contributed by atoms with Crippen LogP contribution < -0.4 is 10.5 Å². The Bertz CT molecular complexity index is 1520. The molecule has 0 spiro atoms. The summed E-state index contributed by atoms with van der Waals surface area (Å²) in [6.45, 7) is 1.69. The van der Waals surface area contributed by atoms with Gasteiger partial charge in [-0.2, -0.15) is 13.2 Å². The van der Waals surface area contributed by atoms with E-state index in [0.717, 1.165) is 31.7 Å². The molecule has 1 unspecified atom stereocenters. The van der Waals surface area contributed by atoms with E-state index in [2.05, 4.69) is 0 Å². The molecule has 1 aliphatic carbocycles. The minimum absolute atomic E-state index is 0. The highest BCUT2D eigenvalue weighted by Crippen LogP contribution is 2.41. The Morgan fingerprint density at radius 3 is 2.63 bits per heavy atom. The fraction of sp³-hybridized carbons (Fsp3) is 0.462. The first-order chi connectivity index (χ1) is 17.6. The van der Waals surface area contributed by atoms with Crippen molar-refractivity contribution in [2.75, 3.05) is 20.2 Å². The van der Waals surface area contributed by atoms with E-state index >= 15 is 0 Å². The lowest BCUT2D eigenvalue weighted by atomic mass is 10.0. The first-order valence-corrected chi connectivity index (χ1v) is 12.4. The van der Waals surface area contributed by atoms with Crippen LogP contribution >= 0.6 is 12.4 Å². The zero-order chi connectivity index (χ0) is 26.1. The van der Waals surface area contributed by atoms with Gasteiger partial charge in [0.1, 0.15) is 11.3 Å². The van der Waals surface area contributed by atoms with Crippen molar-refractivity contribution < 1.29 is 27.1 Å². The summed E-state index contributed by atoms with van der Waals surface area (Å²) >= 11 is 0. The van der Waals surface area contributed by atoms with E-state index in [1.54, 1.807) is 27.7 Å². The first kappa shape index (κ1) is 26.4. The number of amides is 1. The van der Waals surface area contributed by atoms with E-state index in [1.165, 1.54) is 7.11 Å². The van der Waals surface area contributed by atoms with Gasteiger partial charge in [-0.25, -0.2) is 4.98 Å². The number of alkyl halides is 3. The van der Waals surface area contributed by atoms with Crippen molar-refractivity contribution in [1.29, 1.82) is 0 Å². The van der Waals surface area contributed by atoms with Gasteiger partial charge in [0.15, 0.2) is 5.82 Å². The molecule has 3 aromatic heterocycles. The van der Waals surface area contributed by atoms with E-state index in [1.807, 2.05) is 11.6 Å². The fourth-order valence-electron chi connectivity index (χ4n) is 5.30. The number of fused-ring (bicyclic) bond motifs is 2. The lowest BCUT2D eigenvalue weighted by Gasteiger charge is -2.30. The first-order valence-electron chi connectivity index (χ1n) is 12.4. The minimum atomic E-state index is -4.56. The molecule has 2 N–H and O–H groups in total. The van der Waals surface area contributed by atoms with Crippen LogP contribution in [0.15, 0.2) is 28.7 Å². The summed E-state index contributed by atoms with van der Waals surface area (Å²) in [4.78, 5) is 19.9. The number of nitrogens with two attached hydrogens (primary N) is 1. The van der Waals surface area contributed by atoms with Gasteiger partial charge in [-0.1, -0.05) is 0 Å². The SMILES string of the molecule is COc1cc(C(=O)N2CCCC(N)C2)cc2nc(-c3cc4cc(C(F)(F)F)oc4n3CC3CC3)n(C)c12.Cl. The van der Waals surface area contributed by atoms with Crippen molar-refractivity contribution >= 4 is 40.4 Å². The zero-order valence-corrected chi connectivity index (χ0v) is 21.9. The van der Waals surface area contributed by atoms with Crippen LogP contribution in [0.3, 0.4) is 0 Å². The van der Waals surface area contributed by atoms with Crippen LogP contribution in [0.2, 0.25) is 0 Å². The molecule has 4 heterocycles. The number of aryl methyl sites for hydroxylation is 1. The highest BCUT2D eigenvalue weighted by Gasteiger charge is 2.37. The summed E-state index contributed by atoms with van der Waals surface area (Å²) < 4.78 is 54.5. The molecule has 6 rings (SSSR count). The number of imidazole rings is 1. The molecule has 0 radical (unpaired) electrons. The topological polar surface area (TPSA) is 91.5 Å². The molecule has 2 aliphatic rings. The molecule has 12 heteroatoms. The number of hydrogen-bond donors (Lipinski definition) is 1. The predicted molar refractivity (Wildman–Crippen MR) is 139 cm³/mol. The molecule has 4 aromatic rings. The Hall–Kier alpha value is -3.18. The van der Waals surface area contributed by atoms with Crippen molar-refractivity contribution in [2.45, 2.75) is 44.4 Å². The maximum absolute atomic E-state index is 13.3. The number of benzene rings is 1. The summed E-state index contributed by atoms with van der Waals surface area (Å²) in [6, 6.07) is 6.13. The number of carbonyl (C=O) groups is 1. The fourth-order valence-corrected chi connectivity index (χ4v) is 5.30. The summed E-state index contributed by atoms with van der Waals surface area (Å²) in [7, 11) is 3.36. The largest absolute Gasteiger partial charge is 0.494 e. The van der Waals surface area contributed by atoms with Crippen molar-refractivity contribution in [3.8, 4) is 17.3 Å². The highest BCUT2D eigenvalue weighted by atomic mass is 35.5. The van der Waals surface area contributed by atoms with Gasteiger partial charge in [-0.3, -0.25) is 4.79 Å². The summed E-state index contributed by atoms with van der Waals surface area (Å²) in [5, 5.41) is 0.374. The molecular weight excluding hydrogens is 523 g/mol. The molecular formula is C26H29ClF3N5O3. The lowest BCUT2D eigenvalue weighted by molar-refractivity contribution is -0.152. The Balaban J connectivity index is 0.00000294. The normalized spacial score (nSPS) is 18.3. The van der Waals surface area contributed by atoms with Gasteiger partial charge >= 0.3 is 6.18 Å². The zero-order valence-electron chi connectivity index (χ0n) is 21.0. The average Bonchev–Trinajstić information content (AvgIpc) is 3.34. The van der Waals surface area contributed by atoms with Crippen LogP contribution in [0.1, 0.15) is 41.8 Å². The van der Waals surface area contributed by atoms with Crippen molar-refractivity contribution in [3.63, 3.8) is 0 Å². The van der Waals surface area contributed by atoms with Gasteiger partial charge in [0.25, 0.3) is 5.91 Å². The second-order valence-corrected chi connectivity index (χ2v) is 10.1. The van der Waals surface area contributed by atoms with Gasteiger partial charge in [0.2, 0.25) is 11.5 Å². The van der Waals surface area contributed by atoms with Crippen LogP contribution in [-0.2, 0) is 19.8 Å². The number of aromatic nitrogens is 3. The Kier molecular flexibility index (Phi) is 6.63. The number of rotatable bonds is 5. The maximum atomic E-state index is 13.3. The van der Waals surface area contributed by atoms with Gasteiger partial charge in [-0.15, -0.1) is 12.4 Å². The summed E-state index contributed by atoms with van der Waals surface area (Å²) in [6.07, 6.45) is -0.767. The Labute approximate surface area is 222 Å². The summed E-state index contributed by atoms with van der Waals surface area (Å²) in [5.41, 5.74) is 8.63. The standard InChI is InChI=1S/C26H28F3N5O3.ClH/c1-32-22-18(8-15(10-20(22)36-2)24(35)33-7-3-4-17(30)13-33)31-23(32)19-9-16-11-21(26(27,28)29)37-25(16)34(19)12-14-5-6-14;/h8-11,14,17H,3-7,12-13,30H2,1-2H3;1H.